The van der Waals surface area contributed by atoms with Gasteiger partial charge in [0.05, 0.1) is 0 Å². The first-order valence-corrected chi connectivity index (χ1v) is 8.68. The number of benzene rings is 1. The third-order valence-corrected chi connectivity index (χ3v) is 4.06. The van der Waals surface area contributed by atoms with Gasteiger partial charge in [0, 0.05) is 50.1 Å². The highest BCUT2D eigenvalue weighted by Crippen LogP contribution is 2.44. The van der Waals surface area contributed by atoms with E-state index < -0.39 is 48.4 Å². The van der Waals surface area contributed by atoms with Crippen molar-refractivity contribution in [1.82, 2.24) is 0 Å². The Balaban J connectivity index is 3.42. The van der Waals surface area contributed by atoms with Crippen molar-refractivity contribution in [2.45, 2.75) is 26.8 Å². The van der Waals surface area contributed by atoms with Crippen molar-refractivity contribution in [2.24, 2.45) is 0 Å². The van der Waals surface area contributed by atoms with Gasteiger partial charge in [-0.3, -0.25) is 4.55 Å². The fourth-order valence-electron chi connectivity index (χ4n) is 1.22. The lowest BCUT2D eigenvalue weighted by Gasteiger charge is -2.24. The molecule has 0 aromatic heterocycles. The lowest BCUT2D eigenvalue weighted by molar-refractivity contribution is -0.268. The van der Waals surface area contributed by atoms with Gasteiger partial charge >= 0.3 is 21.9 Å². The smallest absolute Gasteiger partial charge is 0.427 e. The standard InChI is InChI=1S/C10H4Br2F8O5S/c11-7(13,14)9(17,18)24-4-1-5(3-6(2-4)26(21,22)23)25-10(19,20)8(12,15)16/h1-3H,(H,21,22,23). The molecule has 26 heavy (non-hydrogen) atoms. The van der Waals surface area contributed by atoms with Crippen LogP contribution in [0, 0.1) is 0 Å². The highest BCUT2D eigenvalue weighted by atomic mass is 79.9. The average molecular weight is 548 g/mol. The zero-order valence-corrected chi connectivity index (χ0v) is 15.5. The Morgan fingerprint density at radius 3 is 1.31 bits per heavy atom. The Morgan fingerprint density at radius 2 is 1.08 bits per heavy atom. The van der Waals surface area contributed by atoms with Crippen molar-refractivity contribution in [2.75, 3.05) is 0 Å². The van der Waals surface area contributed by atoms with E-state index in [0.29, 0.717) is 0 Å². The molecule has 0 bridgehead atoms. The summed E-state index contributed by atoms with van der Waals surface area (Å²) in [4.78, 5) is -11.4. The summed E-state index contributed by atoms with van der Waals surface area (Å²) >= 11 is 2.55. The summed E-state index contributed by atoms with van der Waals surface area (Å²) in [7, 11) is -5.28. The number of ether oxygens (including phenoxy) is 2. The van der Waals surface area contributed by atoms with Crippen molar-refractivity contribution < 1.29 is 57.6 Å². The minimum absolute atomic E-state index is 0.00597. The fourth-order valence-corrected chi connectivity index (χ4v) is 1.92. The van der Waals surface area contributed by atoms with E-state index in [4.69, 9.17) is 4.55 Å². The highest BCUT2D eigenvalue weighted by molar-refractivity contribution is 9.10. The average Bonchev–Trinajstić information content (AvgIpc) is 2.33. The lowest BCUT2D eigenvalue weighted by atomic mass is 10.3. The third-order valence-electron chi connectivity index (χ3n) is 2.30. The summed E-state index contributed by atoms with van der Waals surface area (Å²) in [6.45, 7) is 0. The predicted octanol–water partition coefficient (Wildman–Crippen LogP) is 4.85. The molecule has 0 radical (unpaired) electrons. The molecule has 1 aromatic rings. The van der Waals surface area contributed by atoms with Crippen molar-refractivity contribution in [3.8, 4) is 11.5 Å². The molecule has 16 heteroatoms. The second-order valence-corrected chi connectivity index (χ2v) is 7.76. The first-order valence-electron chi connectivity index (χ1n) is 5.66. The van der Waals surface area contributed by atoms with E-state index in [0.717, 1.165) is 0 Å². The predicted molar refractivity (Wildman–Crippen MR) is 75.2 cm³/mol. The largest absolute Gasteiger partial charge is 0.475 e. The number of hydrogen-bond donors (Lipinski definition) is 1. The van der Waals surface area contributed by atoms with Gasteiger partial charge in [0.25, 0.3) is 10.1 Å². The maximum absolute atomic E-state index is 13.2. The Kier molecular flexibility index (Phi) is 6.18. The molecule has 1 aromatic carbocycles. The van der Waals surface area contributed by atoms with Crippen molar-refractivity contribution in [3.05, 3.63) is 18.2 Å². The molecular weight excluding hydrogens is 544 g/mol. The molecular formula is C10H4Br2F8O5S. The minimum atomic E-state index is -5.33. The molecule has 5 nitrogen and oxygen atoms in total. The van der Waals surface area contributed by atoms with Gasteiger partial charge in [0.2, 0.25) is 0 Å². The van der Waals surface area contributed by atoms with E-state index in [1.54, 1.807) is 0 Å². The normalized spacial score (nSPS) is 14.3. The van der Waals surface area contributed by atoms with Crippen LogP contribution in [0.25, 0.3) is 0 Å². The van der Waals surface area contributed by atoms with Crippen molar-refractivity contribution in [1.29, 1.82) is 0 Å². The van der Waals surface area contributed by atoms with Crippen LogP contribution in [0.15, 0.2) is 23.1 Å². The van der Waals surface area contributed by atoms with Crippen LogP contribution >= 0.6 is 31.9 Å². The molecule has 0 atom stereocenters. The summed E-state index contributed by atoms with van der Waals surface area (Å²) < 4.78 is 141. The highest BCUT2D eigenvalue weighted by Gasteiger charge is 2.59. The van der Waals surface area contributed by atoms with E-state index in [9.17, 15) is 43.5 Å². The van der Waals surface area contributed by atoms with Gasteiger partial charge in [-0.15, -0.1) is 0 Å². The van der Waals surface area contributed by atoms with Crippen LogP contribution in [-0.2, 0) is 10.1 Å². The quantitative estimate of drug-likeness (QED) is 0.300. The Morgan fingerprint density at radius 1 is 0.769 bits per heavy atom. The maximum Gasteiger partial charge on any atom is 0.475 e. The molecule has 0 unspecified atom stereocenters. The molecule has 0 amide bonds. The van der Waals surface area contributed by atoms with Crippen molar-refractivity contribution in [3.63, 3.8) is 0 Å². The van der Waals surface area contributed by atoms with E-state index in [-0.39, 0.29) is 18.2 Å². The molecule has 0 heterocycles. The zero-order chi connectivity index (χ0) is 20.8. The number of hydrogen-bond acceptors (Lipinski definition) is 4. The van der Waals surface area contributed by atoms with Crippen LogP contribution in [0.4, 0.5) is 35.1 Å². The van der Waals surface area contributed by atoms with Crippen LogP contribution in [0.3, 0.4) is 0 Å². The fraction of sp³-hybridized carbons (Fsp3) is 0.400. The van der Waals surface area contributed by atoms with E-state index in [2.05, 4.69) is 9.47 Å². The Hall–Kier alpha value is -0.870. The van der Waals surface area contributed by atoms with Crippen LogP contribution < -0.4 is 9.47 Å². The van der Waals surface area contributed by atoms with Gasteiger partial charge in [-0.1, -0.05) is 0 Å². The molecule has 0 aliphatic heterocycles. The monoisotopic (exact) mass is 546 g/mol. The minimum Gasteiger partial charge on any atom is -0.427 e. The molecule has 0 aliphatic rings. The van der Waals surface area contributed by atoms with Crippen LogP contribution in [-0.4, -0.2) is 34.9 Å². The Bertz CT molecular complexity index is 728. The van der Waals surface area contributed by atoms with Crippen LogP contribution in [0.2, 0.25) is 0 Å². The summed E-state index contributed by atoms with van der Waals surface area (Å²) in [6.07, 6.45) is -10.7. The second-order valence-electron chi connectivity index (χ2n) is 4.35. The summed E-state index contributed by atoms with van der Waals surface area (Å²) in [5.74, 6) is -3.04. The Labute approximate surface area is 156 Å². The van der Waals surface area contributed by atoms with Crippen LogP contribution in [0.5, 0.6) is 11.5 Å². The third kappa shape index (κ3) is 5.56. The van der Waals surface area contributed by atoms with Crippen LogP contribution in [0.1, 0.15) is 0 Å². The summed E-state index contributed by atoms with van der Waals surface area (Å²) in [5.41, 5.74) is 0. The van der Waals surface area contributed by atoms with E-state index >= 15 is 0 Å². The van der Waals surface area contributed by atoms with Gasteiger partial charge in [-0.2, -0.15) is 43.5 Å². The van der Waals surface area contributed by atoms with Gasteiger partial charge in [-0.25, -0.2) is 0 Å². The summed E-state index contributed by atoms with van der Waals surface area (Å²) in [6, 6.07) is 0.0759. The van der Waals surface area contributed by atoms with E-state index in [1.165, 1.54) is 31.9 Å². The molecule has 150 valence electrons. The van der Waals surface area contributed by atoms with Crippen molar-refractivity contribution >= 4 is 42.0 Å². The first-order chi connectivity index (χ1) is 11.3. The number of alkyl halides is 10. The summed E-state index contributed by atoms with van der Waals surface area (Å²) in [5, 5.41) is 0. The molecule has 0 saturated carbocycles. The maximum atomic E-state index is 13.2. The number of rotatable bonds is 7. The van der Waals surface area contributed by atoms with Gasteiger partial charge in [0.15, 0.2) is 0 Å². The SMILES string of the molecule is O=S(=O)(O)c1cc(OC(F)(F)C(F)(F)Br)cc(OC(F)(F)C(F)(F)Br)c1. The number of halogens is 10. The second kappa shape index (κ2) is 6.94. The first kappa shape index (κ1) is 23.2. The lowest BCUT2D eigenvalue weighted by Crippen LogP contribution is -2.41. The molecule has 1 N–H and O–H groups in total. The molecule has 1 rings (SSSR count). The van der Waals surface area contributed by atoms with Gasteiger partial charge in [-0.05, 0) is 0 Å². The zero-order valence-electron chi connectivity index (χ0n) is 11.5. The molecule has 0 saturated heterocycles. The van der Waals surface area contributed by atoms with Gasteiger partial charge < -0.3 is 9.47 Å². The molecule has 0 aliphatic carbocycles. The van der Waals surface area contributed by atoms with Gasteiger partial charge in [0.1, 0.15) is 16.4 Å². The molecule has 0 fully saturated rings. The molecule has 0 spiro atoms. The topological polar surface area (TPSA) is 72.8 Å². The van der Waals surface area contributed by atoms with E-state index in [1.807, 2.05) is 0 Å².